The monoisotopic (exact) mass is 217 g/mol. The zero-order chi connectivity index (χ0) is 11.5. The summed E-state index contributed by atoms with van der Waals surface area (Å²) in [7, 11) is 1.34. The standard InChI is InChI=1S/C12H11NO3/c1-8-6-9(12(14)15-2)11(13-7-8)10-4-3-5-16-10/h3-7H,1-2H3. The van der Waals surface area contributed by atoms with E-state index in [1.54, 1.807) is 24.4 Å². The van der Waals surface area contributed by atoms with Crippen LogP contribution in [0.15, 0.2) is 35.1 Å². The third-order valence-electron chi connectivity index (χ3n) is 2.18. The van der Waals surface area contributed by atoms with Gasteiger partial charge in [0.25, 0.3) is 0 Å². The second-order valence-corrected chi connectivity index (χ2v) is 3.38. The molecule has 2 aromatic heterocycles. The van der Waals surface area contributed by atoms with Crippen LogP contribution in [0.25, 0.3) is 11.5 Å². The normalized spacial score (nSPS) is 10.1. The molecule has 0 aromatic carbocycles. The lowest BCUT2D eigenvalue weighted by atomic mass is 10.1. The Morgan fingerprint density at radius 3 is 2.94 bits per heavy atom. The summed E-state index contributed by atoms with van der Waals surface area (Å²) in [6.07, 6.45) is 3.22. The van der Waals surface area contributed by atoms with Crippen LogP contribution in [0.1, 0.15) is 15.9 Å². The first-order chi connectivity index (χ1) is 7.72. The second kappa shape index (κ2) is 4.18. The molecule has 0 aliphatic carbocycles. The van der Waals surface area contributed by atoms with Gasteiger partial charge < -0.3 is 9.15 Å². The van der Waals surface area contributed by atoms with Crippen molar-refractivity contribution in [3.8, 4) is 11.5 Å². The van der Waals surface area contributed by atoms with E-state index in [4.69, 9.17) is 9.15 Å². The Labute approximate surface area is 92.9 Å². The highest BCUT2D eigenvalue weighted by molar-refractivity contribution is 5.95. The average Bonchev–Trinajstić information content (AvgIpc) is 2.81. The summed E-state index contributed by atoms with van der Waals surface area (Å²) in [4.78, 5) is 15.8. The summed E-state index contributed by atoms with van der Waals surface area (Å²) in [6, 6.07) is 5.23. The van der Waals surface area contributed by atoms with Gasteiger partial charge in [-0.25, -0.2) is 4.79 Å². The van der Waals surface area contributed by atoms with E-state index in [2.05, 4.69) is 4.98 Å². The molecule has 0 bridgehead atoms. The fourth-order valence-corrected chi connectivity index (χ4v) is 1.44. The molecule has 82 valence electrons. The SMILES string of the molecule is COC(=O)c1cc(C)cnc1-c1ccco1. The van der Waals surface area contributed by atoms with Crippen LogP contribution >= 0.6 is 0 Å². The first kappa shape index (κ1) is 10.4. The van der Waals surface area contributed by atoms with Crippen LogP contribution in [0, 0.1) is 6.92 Å². The first-order valence-electron chi connectivity index (χ1n) is 4.81. The topological polar surface area (TPSA) is 52.3 Å². The number of ether oxygens (including phenoxy) is 1. The van der Waals surface area contributed by atoms with Crippen molar-refractivity contribution in [2.75, 3.05) is 7.11 Å². The second-order valence-electron chi connectivity index (χ2n) is 3.38. The number of aromatic nitrogens is 1. The minimum absolute atomic E-state index is 0.414. The molecule has 0 atom stereocenters. The minimum atomic E-state index is -0.414. The molecule has 0 aliphatic rings. The summed E-state index contributed by atoms with van der Waals surface area (Å²) in [5, 5.41) is 0. The van der Waals surface area contributed by atoms with Crippen molar-refractivity contribution in [3.05, 3.63) is 41.8 Å². The van der Waals surface area contributed by atoms with E-state index in [1.807, 2.05) is 6.92 Å². The molecule has 0 fully saturated rings. The maximum atomic E-state index is 11.6. The number of aryl methyl sites for hydroxylation is 1. The van der Waals surface area contributed by atoms with E-state index in [1.165, 1.54) is 13.4 Å². The van der Waals surface area contributed by atoms with Crippen LogP contribution in [-0.4, -0.2) is 18.1 Å². The van der Waals surface area contributed by atoms with Crippen molar-refractivity contribution >= 4 is 5.97 Å². The molecule has 2 aromatic rings. The molecular formula is C12H11NO3. The molecule has 2 heterocycles. The quantitative estimate of drug-likeness (QED) is 0.725. The molecule has 16 heavy (non-hydrogen) atoms. The lowest BCUT2D eigenvalue weighted by Gasteiger charge is -2.05. The number of carbonyl (C=O) groups is 1. The number of furan rings is 1. The maximum Gasteiger partial charge on any atom is 0.340 e. The van der Waals surface area contributed by atoms with E-state index in [-0.39, 0.29) is 0 Å². The van der Waals surface area contributed by atoms with Crippen molar-refractivity contribution in [3.63, 3.8) is 0 Å². The predicted molar refractivity (Wildman–Crippen MR) is 58.0 cm³/mol. The van der Waals surface area contributed by atoms with Gasteiger partial charge in [0, 0.05) is 6.20 Å². The third kappa shape index (κ3) is 1.82. The van der Waals surface area contributed by atoms with Crippen molar-refractivity contribution in [2.45, 2.75) is 6.92 Å². The van der Waals surface area contributed by atoms with E-state index < -0.39 is 5.97 Å². The van der Waals surface area contributed by atoms with Crippen molar-refractivity contribution < 1.29 is 13.9 Å². The Hall–Kier alpha value is -2.10. The number of methoxy groups -OCH3 is 1. The maximum absolute atomic E-state index is 11.6. The van der Waals surface area contributed by atoms with Gasteiger partial charge in [-0.2, -0.15) is 0 Å². The van der Waals surface area contributed by atoms with E-state index >= 15 is 0 Å². The van der Waals surface area contributed by atoms with Crippen molar-refractivity contribution in [1.82, 2.24) is 4.98 Å². The Balaban J connectivity index is 2.57. The number of carbonyl (C=O) groups excluding carboxylic acids is 1. The molecule has 4 nitrogen and oxygen atoms in total. The summed E-state index contributed by atoms with van der Waals surface area (Å²) in [6.45, 7) is 1.87. The smallest absolute Gasteiger partial charge is 0.340 e. The number of esters is 1. The largest absolute Gasteiger partial charge is 0.465 e. The Bertz CT molecular complexity index is 503. The minimum Gasteiger partial charge on any atom is -0.465 e. The third-order valence-corrected chi connectivity index (χ3v) is 2.18. The molecule has 0 spiro atoms. The van der Waals surface area contributed by atoms with Crippen LogP contribution < -0.4 is 0 Å². The summed E-state index contributed by atoms with van der Waals surface area (Å²) in [5.41, 5.74) is 1.82. The van der Waals surface area contributed by atoms with Gasteiger partial charge in [0.05, 0.1) is 18.9 Å². The number of pyridine rings is 1. The van der Waals surface area contributed by atoms with Gasteiger partial charge in [0.1, 0.15) is 5.69 Å². The van der Waals surface area contributed by atoms with Gasteiger partial charge in [0.15, 0.2) is 5.76 Å². The van der Waals surface area contributed by atoms with Crippen LogP contribution in [0.2, 0.25) is 0 Å². The number of hydrogen-bond donors (Lipinski definition) is 0. The van der Waals surface area contributed by atoms with Crippen molar-refractivity contribution in [1.29, 1.82) is 0 Å². The Morgan fingerprint density at radius 1 is 1.50 bits per heavy atom. The van der Waals surface area contributed by atoms with Crippen LogP contribution in [-0.2, 0) is 4.74 Å². The molecule has 0 amide bonds. The number of nitrogens with zero attached hydrogens (tertiary/aromatic N) is 1. The molecule has 0 saturated heterocycles. The predicted octanol–water partition coefficient (Wildman–Crippen LogP) is 2.44. The fraction of sp³-hybridized carbons (Fsp3) is 0.167. The summed E-state index contributed by atoms with van der Waals surface area (Å²) in [5.74, 6) is 0.142. The number of rotatable bonds is 2. The molecule has 2 rings (SSSR count). The molecular weight excluding hydrogens is 206 g/mol. The van der Waals surface area contributed by atoms with Gasteiger partial charge in [-0.05, 0) is 30.7 Å². The molecule has 0 aliphatic heterocycles. The van der Waals surface area contributed by atoms with E-state index in [0.29, 0.717) is 17.0 Å². The van der Waals surface area contributed by atoms with Gasteiger partial charge in [-0.1, -0.05) is 0 Å². The molecule has 4 heteroatoms. The van der Waals surface area contributed by atoms with Gasteiger partial charge >= 0.3 is 5.97 Å². The Morgan fingerprint density at radius 2 is 2.31 bits per heavy atom. The lowest BCUT2D eigenvalue weighted by Crippen LogP contribution is -2.05. The average molecular weight is 217 g/mol. The van der Waals surface area contributed by atoms with Gasteiger partial charge in [-0.15, -0.1) is 0 Å². The summed E-state index contributed by atoms with van der Waals surface area (Å²) >= 11 is 0. The highest BCUT2D eigenvalue weighted by Gasteiger charge is 2.16. The summed E-state index contributed by atoms with van der Waals surface area (Å²) < 4.78 is 9.93. The van der Waals surface area contributed by atoms with Gasteiger partial charge in [-0.3, -0.25) is 4.98 Å². The van der Waals surface area contributed by atoms with Gasteiger partial charge in [0.2, 0.25) is 0 Å². The lowest BCUT2D eigenvalue weighted by molar-refractivity contribution is 0.0601. The van der Waals surface area contributed by atoms with Crippen LogP contribution in [0.5, 0.6) is 0 Å². The molecule has 0 unspecified atom stereocenters. The Kier molecular flexibility index (Phi) is 2.72. The highest BCUT2D eigenvalue weighted by Crippen LogP contribution is 2.23. The molecule has 0 radical (unpaired) electrons. The van der Waals surface area contributed by atoms with E-state index in [9.17, 15) is 4.79 Å². The number of hydrogen-bond acceptors (Lipinski definition) is 4. The van der Waals surface area contributed by atoms with Crippen LogP contribution in [0.4, 0.5) is 0 Å². The zero-order valence-electron chi connectivity index (χ0n) is 9.06. The first-order valence-corrected chi connectivity index (χ1v) is 4.81. The zero-order valence-corrected chi connectivity index (χ0v) is 9.06. The molecule has 0 N–H and O–H groups in total. The fourth-order valence-electron chi connectivity index (χ4n) is 1.44. The van der Waals surface area contributed by atoms with E-state index in [0.717, 1.165) is 5.56 Å². The van der Waals surface area contributed by atoms with Crippen molar-refractivity contribution in [2.24, 2.45) is 0 Å². The van der Waals surface area contributed by atoms with Crippen LogP contribution in [0.3, 0.4) is 0 Å². The molecule has 0 saturated carbocycles. The highest BCUT2D eigenvalue weighted by atomic mass is 16.5.